The molecule has 206 valence electrons. The Bertz CT molecular complexity index is 745. The fraction of sp³-hybridized carbons (Fsp3) is 0.774. The minimum atomic E-state index is -1.57. The summed E-state index contributed by atoms with van der Waals surface area (Å²) in [6.45, 7) is 16.8. The standard InChI is InChI=1S/C31H56N2O2Si/c1-27(20-15-12-10-8-9-11-13-18-25-35-36(6,7)31(2,3)4)30(28-21-16-14-17-22-28)32-33-24-19-23-29(33)26-34-5/h14,16-17,21-22,27,29H,8-13,15,18-20,23-26H2,1-7H3/b32-30-/t27-,29-/m0/s1. The molecule has 1 fully saturated rings. The Morgan fingerprint density at radius 3 is 2.22 bits per heavy atom. The van der Waals surface area contributed by atoms with Gasteiger partial charge in [-0.25, -0.2) is 0 Å². The molecule has 2 rings (SSSR count). The third-order valence-corrected chi connectivity index (χ3v) is 12.8. The third kappa shape index (κ3) is 10.7. The summed E-state index contributed by atoms with van der Waals surface area (Å²) in [4.78, 5) is 0. The van der Waals surface area contributed by atoms with E-state index >= 15 is 0 Å². The van der Waals surface area contributed by atoms with Crippen molar-refractivity contribution in [2.45, 2.75) is 122 Å². The van der Waals surface area contributed by atoms with Crippen LogP contribution in [0.25, 0.3) is 0 Å². The summed E-state index contributed by atoms with van der Waals surface area (Å²) < 4.78 is 11.8. The van der Waals surface area contributed by atoms with Crippen LogP contribution in [0.1, 0.15) is 104 Å². The maximum atomic E-state index is 6.31. The Morgan fingerprint density at radius 1 is 1.00 bits per heavy atom. The highest BCUT2D eigenvalue weighted by molar-refractivity contribution is 6.74. The maximum Gasteiger partial charge on any atom is 0.191 e. The number of unbranched alkanes of at least 4 members (excludes halogenated alkanes) is 7. The summed E-state index contributed by atoms with van der Waals surface area (Å²) in [7, 11) is 0.228. The third-order valence-electron chi connectivity index (χ3n) is 8.28. The van der Waals surface area contributed by atoms with Crippen LogP contribution in [0.2, 0.25) is 18.1 Å². The molecular weight excluding hydrogens is 460 g/mol. The van der Waals surface area contributed by atoms with Crippen LogP contribution in [0.3, 0.4) is 0 Å². The van der Waals surface area contributed by atoms with Gasteiger partial charge in [0.15, 0.2) is 8.32 Å². The molecule has 0 radical (unpaired) electrons. The maximum absolute atomic E-state index is 6.31. The minimum Gasteiger partial charge on any atom is -0.417 e. The van der Waals surface area contributed by atoms with Crippen LogP contribution in [0, 0.1) is 5.92 Å². The van der Waals surface area contributed by atoms with E-state index in [1.165, 1.54) is 81.9 Å². The van der Waals surface area contributed by atoms with Crippen molar-refractivity contribution in [1.29, 1.82) is 0 Å². The molecule has 1 aliphatic rings. The Morgan fingerprint density at radius 2 is 1.61 bits per heavy atom. The summed E-state index contributed by atoms with van der Waals surface area (Å²) in [5.74, 6) is 0.470. The lowest BCUT2D eigenvalue weighted by atomic mass is 9.93. The Hall–Kier alpha value is -1.17. The molecule has 36 heavy (non-hydrogen) atoms. The topological polar surface area (TPSA) is 34.1 Å². The zero-order valence-electron chi connectivity index (χ0n) is 24.7. The molecule has 1 aromatic rings. The van der Waals surface area contributed by atoms with Crippen molar-refractivity contribution in [3.63, 3.8) is 0 Å². The first-order chi connectivity index (χ1) is 17.2. The smallest absolute Gasteiger partial charge is 0.191 e. The van der Waals surface area contributed by atoms with Gasteiger partial charge in [-0.15, -0.1) is 0 Å². The van der Waals surface area contributed by atoms with Crippen LogP contribution in [0.5, 0.6) is 0 Å². The second-order valence-corrected chi connectivity index (χ2v) is 17.2. The molecule has 0 N–H and O–H groups in total. The largest absolute Gasteiger partial charge is 0.417 e. The number of hydrogen-bond donors (Lipinski definition) is 0. The van der Waals surface area contributed by atoms with E-state index in [2.05, 4.69) is 76.1 Å². The summed E-state index contributed by atoms with van der Waals surface area (Å²) in [5.41, 5.74) is 2.52. The molecule has 0 unspecified atom stereocenters. The van der Waals surface area contributed by atoms with Gasteiger partial charge in [0, 0.05) is 26.2 Å². The Labute approximate surface area is 224 Å². The zero-order chi connectivity index (χ0) is 26.4. The first-order valence-corrected chi connectivity index (χ1v) is 17.6. The number of rotatable bonds is 17. The summed E-state index contributed by atoms with van der Waals surface area (Å²) in [5, 5.41) is 7.81. The van der Waals surface area contributed by atoms with Crippen LogP contribution in [-0.2, 0) is 9.16 Å². The van der Waals surface area contributed by atoms with Crippen molar-refractivity contribution in [3.05, 3.63) is 35.9 Å². The quantitative estimate of drug-likeness (QED) is 0.118. The zero-order valence-corrected chi connectivity index (χ0v) is 25.7. The average molecular weight is 517 g/mol. The van der Waals surface area contributed by atoms with E-state index in [4.69, 9.17) is 14.3 Å². The molecule has 5 heteroatoms. The van der Waals surface area contributed by atoms with Crippen LogP contribution in [0.15, 0.2) is 35.4 Å². The summed E-state index contributed by atoms with van der Waals surface area (Å²) in [6.07, 6.45) is 14.2. The normalized spacial score (nSPS) is 18.1. The molecule has 0 amide bonds. The lowest BCUT2D eigenvalue weighted by Gasteiger charge is -2.36. The van der Waals surface area contributed by atoms with Crippen LogP contribution in [0.4, 0.5) is 0 Å². The van der Waals surface area contributed by atoms with Crippen molar-refractivity contribution < 1.29 is 9.16 Å². The molecule has 1 aromatic carbocycles. The summed E-state index contributed by atoms with van der Waals surface area (Å²) in [6, 6.07) is 11.2. The number of nitrogens with zero attached hydrogens (tertiary/aromatic N) is 2. The minimum absolute atomic E-state index is 0.318. The molecule has 0 aromatic heterocycles. The van der Waals surface area contributed by atoms with E-state index in [0.717, 1.165) is 19.8 Å². The van der Waals surface area contributed by atoms with Crippen LogP contribution in [-0.4, -0.2) is 51.9 Å². The molecule has 0 saturated carbocycles. The fourth-order valence-electron chi connectivity index (χ4n) is 4.80. The number of hydrazone groups is 1. The molecule has 1 aliphatic heterocycles. The van der Waals surface area contributed by atoms with Gasteiger partial charge in [0.1, 0.15) is 0 Å². The van der Waals surface area contributed by atoms with Gasteiger partial charge in [-0.2, -0.15) is 5.10 Å². The molecule has 0 bridgehead atoms. The van der Waals surface area contributed by atoms with Crippen molar-refractivity contribution in [3.8, 4) is 0 Å². The SMILES string of the molecule is COC[C@@H]1CCCN1/N=C(\c1ccccc1)[C@@H](C)CCCCCCCCCCO[Si](C)(C)C(C)(C)C. The van der Waals surface area contributed by atoms with Crippen molar-refractivity contribution in [1.82, 2.24) is 5.01 Å². The first-order valence-electron chi connectivity index (χ1n) is 14.7. The monoisotopic (exact) mass is 516 g/mol. The van der Waals surface area contributed by atoms with Crippen molar-refractivity contribution >= 4 is 14.0 Å². The first kappa shape index (κ1) is 31.0. The summed E-state index contributed by atoms with van der Waals surface area (Å²) >= 11 is 0. The molecule has 4 nitrogen and oxygen atoms in total. The highest BCUT2D eigenvalue weighted by Crippen LogP contribution is 2.36. The number of benzene rings is 1. The fourth-order valence-corrected chi connectivity index (χ4v) is 5.88. The Kier molecular flexibility index (Phi) is 13.7. The molecule has 0 spiro atoms. The second-order valence-electron chi connectivity index (χ2n) is 12.4. The average Bonchev–Trinajstić information content (AvgIpc) is 3.27. The van der Waals surface area contributed by atoms with Crippen LogP contribution >= 0.6 is 0 Å². The van der Waals surface area contributed by atoms with Gasteiger partial charge in [0.25, 0.3) is 0 Å². The van der Waals surface area contributed by atoms with Gasteiger partial charge in [-0.1, -0.05) is 103 Å². The number of hydrogen-bond acceptors (Lipinski definition) is 4. The predicted octanol–water partition coefficient (Wildman–Crippen LogP) is 8.67. The van der Waals surface area contributed by atoms with Crippen LogP contribution < -0.4 is 0 Å². The van der Waals surface area contributed by atoms with Gasteiger partial charge in [0.05, 0.1) is 18.4 Å². The van der Waals surface area contributed by atoms with E-state index < -0.39 is 8.32 Å². The lowest BCUT2D eigenvalue weighted by molar-refractivity contribution is 0.117. The Balaban J connectivity index is 1.66. The highest BCUT2D eigenvalue weighted by Gasteiger charge is 2.36. The van der Waals surface area contributed by atoms with Gasteiger partial charge < -0.3 is 9.16 Å². The van der Waals surface area contributed by atoms with Gasteiger partial charge in [-0.05, 0) is 49.4 Å². The molecule has 2 atom stereocenters. The molecular formula is C31H56N2O2Si. The van der Waals surface area contributed by atoms with E-state index in [0.29, 0.717) is 17.0 Å². The lowest BCUT2D eigenvalue weighted by Crippen LogP contribution is -2.40. The second kappa shape index (κ2) is 15.9. The molecule has 1 saturated heterocycles. The van der Waals surface area contributed by atoms with E-state index in [-0.39, 0.29) is 0 Å². The van der Waals surface area contributed by atoms with E-state index in [1.54, 1.807) is 7.11 Å². The number of methoxy groups -OCH3 is 1. The van der Waals surface area contributed by atoms with Gasteiger partial charge in [0.2, 0.25) is 0 Å². The predicted molar refractivity (Wildman–Crippen MR) is 158 cm³/mol. The highest BCUT2D eigenvalue weighted by atomic mass is 28.4. The van der Waals surface area contributed by atoms with Crippen molar-refractivity contribution in [2.24, 2.45) is 11.0 Å². The van der Waals surface area contributed by atoms with Crippen molar-refractivity contribution in [2.75, 3.05) is 26.9 Å². The molecule has 1 heterocycles. The van der Waals surface area contributed by atoms with E-state index in [9.17, 15) is 0 Å². The van der Waals surface area contributed by atoms with Gasteiger partial charge >= 0.3 is 0 Å². The van der Waals surface area contributed by atoms with Gasteiger partial charge in [-0.3, -0.25) is 5.01 Å². The number of ether oxygens (including phenoxy) is 1. The van der Waals surface area contributed by atoms with E-state index in [1.807, 2.05) is 0 Å². The molecule has 0 aliphatic carbocycles.